The van der Waals surface area contributed by atoms with E-state index in [0.717, 1.165) is 11.4 Å². The van der Waals surface area contributed by atoms with Crippen LogP contribution < -0.4 is 9.88 Å². The van der Waals surface area contributed by atoms with Gasteiger partial charge in [0.15, 0.2) is 0 Å². The number of aromatic hydroxyl groups is 1. The van der Waals surface area contributed by atoms with Crippen LogP contribution in [0.4, 0.5) is 11.4 Å². The van der Waals surface area contributed by atoms with Crippen LogP contribution in [0, 0.1) is 0 Å². The number of para-hydroxylation sites is 2. The van der Waals surface area contributed by atoms with E-state index in [9.17, 15) is 5.11 Å². The van der Waals surface area contributed by atoms with Gasteiger partial charge in [-0.25, -0.2) is 0 Å². The number of benzene rings is 3. The number of fused-ring (bicyclic) bond motifs is 2. The van der Waals surface area contributed by atoms with Gasteiger partial charge in [-0.3, -0.25) is 0 Å². The maximum absolute atomic E-state index is 9.47. The Hall–Kier alpha value is -3.07. The Kier molecular flexibility index (Phi) is 3.12. The molecule has 4 rings (SSSR count). The Bertz CT molecular complexity index is 950. The minimum atomic E-state index is 0.268. The monoisotopic (exact) mass is 301 g/mol. The predicted octanol–water partition coefficient (Wildman–Crippen LogP) is 4.27. The number of phenolic OH excluding ortho intramolecular Hbond substituents is 1. The molecule has 1 heterocycles. The molecule has 0 unspecified atom stereocenters. The summed E-state index contributed by atoms with van der Waals surface area (Å²) in [5.41, 5.74) is 4.38. The lowest BCUT2D eigenvalue weighted by atomic mass is 10.1. The lowest BCUT2D eigenvalue weighted by molar-refractivity contribution is -0.617. The summed E-state index contributed by atoms with van der Waals surface area (Å²) >= 11 is 0. The van der Waals surface area contributed by atoms with Crippen LogP contribution >= 0.6 is 0 Å². The second-order valence-electron chi connectivity index (χ2n) is 5.64. The molecule has 0 aliphatic heterocycles. The molecular weight excluding hydrogens is 284 g/mol. The van der Waals surface area contributed by atoms with Crippen molar-refractivity contribution < 1.29 is 9.67 Å². The standard InChI is InChI=1S/C20H16N2O/c1-22-18-8-4-2-6-16(18)20(17-7-3-5-9-19(17)22)21-14-10-12-15(23)13-11-14/h2-13,23H,1H3/p+1. The fourth-order valence-electron chi connectivity index (χ4n) is 3.05. The first-order chi connectivity index (χ1) is 11.2. The SMILES string of the molecule is C[n+]1c2ccccc2c(Nc2ccc(O)cc2)c2ccccc21. The molecule has 0 atom stereocenters. The van der Waals surface area contributed by atoms with E-state index in [0.29, 0.717) is 0 Å². The van der Waals surface area contributed by atoms with Gasteiger partial charge >= 0.3 is 0 Å². The van der Waals surface area contributed by atoms with Crippen molar-refractivity contribution in [2.24, 2.45) is 7.05 Å². The minimum Gasteiger partial charge on any atom is -0.508 e. The Morgan fingerprint density at radius 1 is 0.739 bits per heavy atom. The van der Waals surface area contributed by atoms with E-state index in [4.69, 9.17) is 0 Å². The molecule has 0 aliphatic rings. The summed E-state index contributed by atoms with van der Waals surface area (Å²) in [6.07, 6.45) is 0. The van der Waals surface area contributed by atoms with Crippen molar-refractivity contribution in [3.05, 3.63) is 72.8 Å². The van der Waals surface area contributed by atoms with Gasteiger partial charge in [0.2, 0.25) is 11.0 Å². The van der Waals surface area contributed by atoms with Gasteiger partial charge in [0, 0.05) is 17.8 Å². The highest BCUT2D eigenvalue weighted by atomic mass is 16.3. The van der Waals surface area contributed by atoms with E-state index in [-0.39, 0.29) is 5.75 Å². The lowest BCUT2D eigenvalue weighted by Gasteiger charge is -2.12. The number of hydrogen-bond donors (Lipinski definition) is 2. The van der Waals surface area contributed by atoms with Gasteiger partial charge in [-0.1, -0.05) is 24.3 Å². The van der Waals surface area contributed by atoms with E-state index >= 15 is 0 Å². The molecule has 2 N–H and O–H groups in total. The number of nitrogens with zero attached hydrogens (tertiary/aromatic N) is 1. The molecule has 0 saturated heterocycles. The Balaban J connectivity index is 2.02. The molecule has 0 aliphatic carbocycles. The molecule has 3 aromatic carbocycles. The summed E-state index contributed by atoms with van der Waals surface area (Å²) in [5.74, 6) is 0.268. The number of hydrogen-bond acceptors (Lipinski definition) is 2. The van der Waals surface area contributed by atoms with Gasteiger partial charge in [0.05, 0.1) is 16.5 Å². The van der Waals surface area contributed by atoms with Crippen LogP contribution in [0.25, 0.3) is 21.8 Å². The second kappa shape index (κ2) is 5.29. The average Bonchev–Trinajstić information content (AvgIpc) is 2.60. The van der Waals surface area contributed by atoms with Crippen molar-refractivity contribution in [2.75, 3.05) is 5.32 Å². The first-order valence-electron chi connectivity index (χ1n) is 7.59. The predicted molar refractivity (Wildman–Crippen MR) is 94.0 cm³/mol. The van der Waals surface area contributed by atoms with Crippen LogP contribution in [0.2, 0.25) is 0 Å². The summed E-state index contributed by atoms with van der Waals surface area (Å²) < 4.78 is 2.21. The van der Waals surface area contributed by atoms with E-state index in [2.05, 4.69) is 65.5 Å². The molecule has 0 radical (unpaired) electrons. The van der Waals surface area contributed by atoms with E-state index < -0.39 is 0 Å². The number of phenols is 1. The average molecular weight is 301 g/mol. The molecule has 0 bridgehead atoms. The number of pyridine rings is 1. The zero-order valence-corrected chi connectivity index (χ0v) is 12.8. The van der Waals surface area contributed by atoms with Crippen molar-refractivity contribution >= 4 is 33.2 Å². The highest BCUT2D eigenvalue weighted by molar-refractivity contribution is 6.06. The highest BCUT2D eigenvalue weighted by Gasteiger charge is 2.17. The summed E-state index contributed by atoms with van der Waals surface area (Å²) in [7, 11) is 2.09. The molecule has 3 heteroatoms. The topological polar surface area (TPSA) is 36.1 Å². The Labute approximate surface area is 134 Å². The number of rotatable bonds is 2. The van der Waals surface area contributed by atoms with Crippen molar-refractivity contribution in [2.45, 2.75) is 0 Å². The molecular formula is C20H17N2O+. The summed E-state index contributed by atoms with van der Waals surface area (Å²) in [5, 5.41) is 15.3. The minimum absolute atomic E-state index is 0.268. The van der Waals surface area contributed by atoms with Crippen LogP contribution in [0.5, 0.6) is 5.75 Å². The molecule has 112 valence electrons. The second-order valence-corrected chi connectivity index (χ2v) is 5.64. The van der Waals surface area contributed by atoms with Gasteiger partial charge in [0.25, 0.3) is 0 Å². The van der Waals surface area contributed by atoms with E-state index in [1.54, 1.807) is 12.1 Å². The van der Waals surface area contributed by atoms with Gasteiger partial charge in [0.1, 0.15) is 12.8 Å². The molecule has 3 nitrogen and oxygen atoms in total. The van der Waals surface area contributed by atoms with Crippen molar-refractivity contribution in [3.8, 4) is 5.75 Å². The smallest absolute Gasteiger partial charge is 0.214 e. The maximum Gasteiger partial charge on any atom is 0.214 e. The molecule has 0 spiro atoms. The van der Waals surface area contributed by atoms with Crippen molar-refractivity contribution in [1.82, 2.24) is 0 Å². The van der Waals surface area contributed by atoms with Crippen molar-refractivity contribution in [3.63, 3.8) is 0 Å². The summed E-state index contributed by atoms with van der Waals surface area (Å²) in [4.78, 5) is 0. The first-order valence-corrected chi connectivity index (χ1v) is 7.59. The van der Waals surface area contributed by atoms with E-state index in [1.807, 2.05) is 12.1 Å². The molecule has 4 aromatic rings. The van der Waals surface area contributed by atoms with Gasteiger partial charge < -0.3 is 10.4 Å². The normalized spacial score (nSPS) is 11.0. The van der Waals surface area contributed by atoms with Crippen LogP contribution in [0.1, 0.15) is 0 Å². The third-order valence-corrected chi connectivity index (χ3v) is 4.21. The van der Waals surface area contributed by atoms with Gasteiger partial charge in [-0.15, -0.1) is 0 Å². The molecule has 0 fully saturated rings. The lowest BCUT2D eigenvalue weighted by Crippen LogP contribution is -2.30. The largest absolute Gasteiger partial charge is 0.508 e. The quantitative estimate of drug-likeness (QED) is 0.329. The van der Waals surface area contributed by atoms with Crippen LogP contribution in [-0.2, 0) is 7.05 Å². The van der Waals surface area contributed by atoms with Crippen LogP contribution in [0.15, 0.2) is 72.8 Å². The Morgan fingerprint density at radius 2 is 1.26 bits per heavy atom. The third kappa shape index (κ3) is 2.27. The fraction of sp³-hybridized carbons (Fsp3) is 0.0500. The molecule has 0 saturated carbocycles. The zero-order valence-electron chi connectivity index (χ0n) is 12.8. The van der Waals surface area contributed by atoms with E-state index in [1.165, 1.54) is 21.8 Å². The summed E-state index contributed by atoms with van der Waals surface area (Å²) in [6.45, 7) is 0. The number of aromatic nitrogens is 1. The molecule has 0 amide bonds. The number of aryl methyl sites for hydroxylation is 1. The highest BCUT2D eigenvalue weighted by Crippen LogP contribution is 2.32. The third-order valence-electron chi connectivity index (χ3n) is 4.21. The van der Waals surface area contributed by atoms with Crippen molar-refractivity contribution in [1.29, 1.82) is 0 Å². The summed E-state index contributed by atoms with van der Waals surface area (Å²) in [6, 6.07) is 23.9. The van der Waals surface area contributed by atoms with Crippen LogP contribution in [0.3, 0.4) is 0 Å². The zero-order chi connectivity index (χ0) is 15.8. The first kappa shape index (κ1) is 13.6. The fourth-order valence-corrected chi connectivity index (χ4v) is 3.05. The molecule has 1 aromatic heterocycles. The van der Waals surface area contributed by atoms with Crippen LogP contribution in [-0.4, -0.2) is 5.11 Å². The number of anilines is 2. The van der Waals surface area contributed by atoms with Gasteiger partial charge in [-0.2, -0.15) is 4.57 Å². The number of nitrogens with one attached hydrogen (secondary N) is 1. The van der Waals surface area contributed by atoms with Gasteiger partial charge in [-0.05, 0) is 36.4 Å². The Morgan fingerprint density at radius 3 is 1.83 bits per heavy atom. The maximum atomic E-state index is 9.47. The molecule has 23 heavy (non-hydrogen) atoms.